The number of ether oxygens (including phenoxy) is 3. The van der Waals surface area contributed by atoms with Gasteiger partial charge >= 0.3 is 0 Å². The summed E-state index contributed by atoms with van der Waals surface area (Å²) in [5, 5.41) is 0. The van der Waals surface area contributed by atoms with Crippen molar-refractivity contribution >= 4 is 0 Å². The summed E-state index contributed by atoms with van der Waals surface area (Å²) >= 11 is 0. The molecular weight excluding hydrogens is 711 g/mol. The third-order valence-corrected chi connectivity index (χ3v) is 16.4. The zero-order valence-corrected chi connectivity index (χ0v) is 40.2. The molecule has 58 heavy (non-hydrogen) atoms. The van der Waals surface area contributed by atoms with Crippen molar-refractivity contribution in [3.8, 4) is 0 Å². The van der Waals surface area contributed by atoms with Gasteiger partial charge in [-0.3, -0.25) is 0 Å². The Balaban J connectivity index is 1.00. The van der Waals surface area contributed by atoms with Gasteiger partial charge in [-0.1, -0.05) is 142 Å². The predicted octanol–water partition coefficient (Wildman–Crippen LogP) is 15.2. The van der Waals surface area contributed by atoms with Crippen LogP contribution in [-0.4, -0.2) is 64.2 Å². The smallest absolute Gasteiger partial charge is 0.0644 e. The Labute approximate surface area is 362 Å². The van der Waals surface area contributed by atoms with E-state index in [1.165, 1.54) is 161 Å². The molecule has 0 aromatic carbocycles. The zero-order chi connectivity index (χ0) is 41.6. The number of rotatable bonds is 32. The summed E-state index contributed by atoms with van der Waals surface area (Å²) in [5.41, 5.74) is 2.75. The molecule has 2 unspecified atom stereocenters. The van der Waals surface area contributed by atoms with Crippen LogP contribution in [0.15, 0.2) is 23.8 Å². The van der Waals surface area contributed by atoms with Gasteiger partial charge in [-0.15, -0.1) is 0 Å². The Morgan fingerprint density at radius 2 is 1.31 bits per heavy atom. The zero-order valence-electron chi connectivity index (χ0n) is 40.2. The molecule has 0 aliphatic heterocycles. The van der Waals surface area contributed by atoms with Gasteiger partial charge in [-0.2, -0.15) is 0 Å². The Morgan fingerprint density at radius 3 is 1.97 bits per heavy atom. The highest BCUT2D eigenvalue weighted by atomic mass is 16.5. The van der Waals surface area contributed by atoms with Gasteiger partial charge in [0.15, 0.2) is 0 Å². The lowest BCUT2D eigenvalue weighted by atomic mass is 9.47. The molecular formula is C54H99NO3. The van der Waals surface area contributed by atoms with Crippen LogP contribution in [-0.2, 0) is 14.2 Å². The molecule has 0 aromatic rings. The first kappa shape index (κ1) is 50.0. The number of fused-ring (bicyclic) bond motifs is 5. The molecule has 3 fully saturated rings. The van der Waals surface area contributed by atoms with E-state index in [0.29, 0.717) is 23.0 Å². The Kier molecular flexibility index (Phi) is 23.6. The average molecular weight is 810 g/mol. The lowest BCUT2D eigenvalue weighted by Gasteiger charge is -2.58. The standard InChI is InChI=1S/C54H99NO3/c1-9-10-11-12-13-14-15-16-17-18-19-20-21-22-23-24-38-56-42-47(55(7)8)43-57-39-25-26-40-58-48-34-36-53(5)46(41-48)30-31-49-51-33-32-50(45(4)29-27-28-44(2)3)54(51,6)37-35-52(49)53/h16-17,30,44-45,47-52H,9-15,18-29,31-43H2,1-8H3/b17-16-/t45-,47+,48+,49+,50-,51?,52?,53+,54-/m1/s1. The van der Waals surface area contributed by atoms with E-state index in [2.05, 4.69) is 78.8 Å². The van der Waals surface area contributed by atoms with Gasteiger partial charge in [0.25, 0.3) is 0 Å². The van der Waals surface area contributed by atoms with Gasteiger partial charge in [0.1, 0.15) is 0 Å². The highest BCUT2D eigenvalue weighted by Crippen LogP contribution is 2.67. The maximum absolute atomic E-state index is 6.57. The van der Waals surface area contributed by atoms with E-state index >= 15 is 0 Å². The van der Waals surface area contributed by atoms with E-state index in [4.69, 9.17) is 14.2 Å². The highest BCUT2D eigenvalue weighted by molar-refractivity contribution is 5.25. The SMILES string of the molecule is CCCCCCCC/C=C\CCCCCCCCOC[C@@H](COCCCCO[C@H]1CC[C@@]2(C)C(=CC[C@@H]3C2CC[C@@]2(C)C3CC[C@@H]2[C@H](C)CCCC(C)C)C1)N(C)C. The summed E-state index contributed by atoms with van der Waals surface area (Å²) in [6.07, 6.45) is 44.3. The Hall–Kier alpha value is -0.680. The summed E-state index contributed by atoms with van der Waals surface area (Å²) in [7, 11) is 4.30. The normalized spacial score (nSPS) is 29.5. The number of likely N-dealkylation sites (N-methyl/N-ethyl adjacent to an activating group) is 1. The van der Waals surface area contributed by atoms with Crippen LogP contribution in [0.5, 0.6) is 0 Å². The van der Waals surface area contributed by atoms with Crippen LogP contribution in [0.25, 0.3) is 0 Å². The first-order chi connectivity index (χ1) is 28.1. The minimum absolute atomic E-state index is 0.321. The molecule has 0 spiro atoms. The molecule has 0 bridgehead atoms. The topological polar surface area (TPSA) is 30.9 Å². The van der Waals surface area contributed by atoms with Crippen molar-refractivity contribution in [2.75, 3.05) is 47.1 Å². The quantitative estimate of drug-likeness (QED) is 0.0500. The molecule has 9 atom stereocenters. The summed E-state index contributed by atoms with van der Waals surface area (Å²) in [4.78, 5) is 2.26. The van der Waals surface area contributed by atoms with Crippen molar-refractivity contribution in [2.24, 2.45) is 46.3 Å². The summed E-state index contributed by atoms with van der Waals surface area (Å²) in [6, 6.07) is 0.321. The van der Waals surface area contributed by atoms with Crippen LogP contribution < -0.4 is 0 Å². The molecule has 4 aliphatic rings. The molecule has 0 N–H and O–H groups in total. The van der Waals surface area contributed by atoms with Gasteiger partial charge in [0.2, 0.25) is 0 Å². The van der Waals surface area contributed by atoms with Gasteiger partial charge in [-0.05, 0) is 157 Å². The molecule has 4 heteroatoms. The molecule has 0 heterocycles. The number of unbranched alkanes of at least 4 members (excludes halogenated alkanes) is 13. The van der Waals surface area contributed by atoms with Crippen molar-refractivity contribution in [1.29, 1.82) is 0 Å². The third-order valence-electron chi connectivity index (χ3n) is 16.4. The fourth-order valence-electron chi connectivity index (χ4n) is 12.6. The molecule has 0 radical (unpaired) electrons. The van der Waals surface area contributed by atoms with Crippen LogP contribution in [0.1, 0.15) is 215 Å². The number of nitrogens with zero attached hydrogens (tertiary/aromatic N) is 1. The van der Waals surface area contributed by atoms with Gasteiger partial charge in [-0.25, -0.2) is 0 Å². The lowest BCUT2D eigenvalue weighted by Crippen LogP contribution is -2.51. The van der Waals surface area contributed by atoms with E-state index in [1.54, 1.807) is 5.57 Å². The summed E-state index contributed by atoms with van der Waals surface area (Å²) in [6.45, 7) is 19.2. The monoisotopic (exact) mass is 810 g/mol. The van der Waals surface area contributed by atoms with E-state index < -0.39 is 0 Å². The van der Waals surface area contributed by atoms with Gasteiger partial charge < -0.3 is 19.1 Å². The van der Waals surface area contributed by atoms with Crippen LogP contribution in [0.3, 0.4) is 0 Å². The predicted molar refractivity (Wildman–Crippen MR) is 251 cm³/mol. The lowest BCUT2D eigenvalue weighted by molar-refractivity contribution is -0.0643. The number of hydrogen-bond donors (Lipinski definition) is 0. The van der Waals surface area contributed by atoms with Crippen LogP contribution in [0.4, 0.5) is 0 Å². The Bertz CT molecular complexity index is 1130. The summed E-state index contributed by atoms with van der Waals surface area (Å²) in [5.74, 6) is 5.45. The average Bonchev–Trinajstić information content (AvgIpc) is 3.56. The molecule has 0 aromatic heterocycles. The Morgan fingerprint density at radius 1 is 0.690 bits per heavy atom. The second-order valence-corrected chi connectivity index (χ2v) is 21.4. The van der Waals surface area contributed by atoms with E-state index in [-0.39, 0.29) is 0 Å². The van der Waals surface area contributed by atoms with Crippen molar-refractivity contribution < 1.29 is 14.2 Å². The third kappa shape index (κ3) is 15.9. The number of hydrogen-bond acceptors (Lipinski definition) is 4. The largest absolute Gasteiger partial charge is 0.380 e. The fourth-order valence-corrected chi connectivity index (χ4v) is 12.6. The van der Waals surface area contributed by atoms with Crippen molar-refractivity contribution in [3.63, 3.8) is 0 Å². The van der Waals surface area contributed by atoms with Crippen molar-refractivity contribution in [3.05, 3.63) is 23.8 Å². The van der Waals surface area contributed by atoms with Crippen molar-refractivity contribution in [2.45, 2.75) is 227 Å². The molecule has 4 aliphatic carbocycles. The molecule has 4 nitrogen and oxygen atoms in total. The molecule has 0 saturated heterocycles. The van der Waals surface area contributed by atoms with E-state index in [0.717, 1.165) is 81.4 Å². The molecule has 3 saturated carbocycles. The maximum atomic E-state index is 6.57. The first-order valence-electron chi connectivity index (χ1n) is 25.9. The second kappa shape index (κ2) is 27.4. The second-order valence-electron chi connectivity index (χ2n) is 21.4. The number of allylic oxidation sites excluding steroid dienone is 3. The van der Waals surface area contributed by atoms with Crippen LogP contribution >= 0.6 is 0 Å². The molecule has 4 rings (SSSR count). The van der Waals surface area contributed by atoms with Gasteiger partial charge in [0, 0.05) is 19.8 Å². The van der Waals surface area contributed by atoms with E-state index in [9.17, 15) is 0 Å². The molecule has 0 amide bonds. The highest BCUT2D eigenvalue weighted by Gasteiger charge is 2.59. The first-order valence-corrected chi connectivity index (χ1v) is 25.9. The molecule has 338 valence electrons. The van der Waals surface area contributed by atoms with E-state index in [1.807, 2.05) is 0 Å². The maximum Gasteiger partial charge on any atom is 0.0644 e. The van der Waals surface area contributed by atoms with Crippen molar-refractivity contribution in [1.82, 2.24) is 4.90 Å². The minimum Gasteiger partial charge on any atom is -0.380 e. The van der Waals surface area contributed by atoms with Gasteiger partial charge in [0.05, 0.1) is 25.4 Å². The van der Waals surface area contributed by atoms with Crippen LogP contribution in [0, 0.1) is 46.3 Å². The van der Waals surface area contributed by atoms with Crippen LogP contribution in [0.2, 0.25) is 0 Å². The fraction of sp³-hybridized carbons (Fsp3) is 0.926. The summed E-state index contributed by atoms with van der Waals surface area (Å²) < 4.78 is 18.8. The minimum atomic E-state index is 0.321.